The van der Waals surface area contributed by atoms with Crippen LogP contribution >= 0.6 is 0 Å². The van der Waals surface area contributed by atoms with Crippen molar-refractivity contribution in [3.05, 3.63) is 88.9 Å². The summed E-state index contributed by atoms with van der Waals surface area (Å²) in [4.78, 5) is 32.6. The number of H-pyrrole nitrogens is 1. The fourth-order valence-corrected chi connectivity index (χ4v) is 5.68. The number of para-hydroxylation sites is 1. The van der Waals surface area contributed by atoms with Crippen molar-refractivity contribution in [3.63, 3.8) is 0 Å². The van der Waals surface area contributed by atoms with Crippen LogP contribution in [0.1, 0.15) is 41.0 Å². The van der Waals surface area contributed by atoms with Crippen LogP contribution in [-0.2, 0) is 14.8 Å². The molecule has 5 N–H and O–H groups in total. The Bertz CT molecular complexity index is 2050. The van der Waals surface area contributed by atoms with Gasteiger partial charge in [0.05, 0.1) is 35.0 Å². The molecule has 0 aliphatic carbocycles. The van der Waals surface area contributed by atoms with Crippen LogP contribution in [0.4, 0.5) is 20.3 Å². The van der Waals surface area contributed by atoms with Gasteiger partial charge in [0.25, 0.3) is 0 Å². The molecular weight excluding hydrogens is 608 g/mol. The normalized spacial score (nSPS) is 11.6. The molecule has 0 atom stereocenters. The third kappa shape index (κ3) is 6.62. The molecule has 0 bridgehead atoms. The molecule has 5 aromatic rings. The SMILES string of the molecule is Cc1cc2cc(C(=O)c3cnn(-c4cnc(Oc5c(F)cccc5F)cc4C)c3N)[nH]c2cc1NS(=O)(=O)CC(=O)NC(C)C. The largest absolute Gasteiger partial charge is 0.433 e. The van der Waals surface area contributed by atoms with Gasteiger partial charge in [-0.15, -0.1) is 0 Å². The lowest BCUT2D eigenvalue weighted by Gasteiger charge is -2.12. The number of aromatic amines is 1. The Labute approximate surface area is 256 Å². The zero-order chi connectivity index (χ0) is 32.6. The smallest absolute Gasteiger partial charge is 0.241 e. The molecule has 0 aliphatic heterocycles. The Morgan fingerprint density at radius 2 is 1.78 bits per heavy atom. The van der Waals surface area contributed by atoms with Crippen LogP contribution in [0.2, 0.25) is 0 Å². The Hall–Kier alpha value is -5.31. The number of nitrogens with one attached hydrogen (secondary N) is 3. The van der Waals surface area contributed by atoms with Gasteiger partial charge in [0.2, 0.25) is 33.3 Å². The van der Waals surface area contributed by atoms with Crippen LogP contribution < -0.4 is 20.5 Å². The average molecular weight is 638 g/mol. The number of anilines is 2. The van der Waals surface area contributed by atoms with Crippen LogP contribution in [0.25, 0.3) is 16.6 Å². The number of fused-ring (bicyclic) bond motifs is 1. The van der Waals surface area contributed by atoms with Gasteiger partial charge in [0, 0.05) is 23.0 Å². The van der Waals surface area contributed by atoms with Crippen molar-refractivity contribution in [2.75, 3.05) is 16.2 Å². The Kier molecular flexibility index (Phi) is 8.30. The number of ether oxygens (including phenoxy) is 1. The highest BCUT2D eigenvalue weighted by atomic mass is 32.2. The van der Waals surface area contributed by atoms with E-state index < -0.39 is 44.9 Å². The van der Waals surface area contributed by atoms with E-state index in [9.17, 15) is 26.8 Å². The van der Waals surface area contributed by atoms with Crippen molar-refractivity contribution in [3.8, 4) is 17.3 Å². The molecule has 0 fully saturated rings. The Morgan fingerprint density at radius 3 is 2.44 bits per heavy atom. The van der Waals surface area contributed by atoms with Crippen molar-refractivity contribution in [2.45, 2.75) is 33.7 Å². The highest BCUT2D eigenvalue weighted by Gasteiger charge is 2.23. The number of halogens is 2. The molecule has 3 heterocycles. The number of aryl methyl sites for hydroxylation is 2. The lowest BCUT2D eigenvalue weighted by molar-refractivity contribution is -0.119. The highest BCUT2D eigenvalue weighted by molar-refractivity contribution is 7.93. The molecule has 0 saturated heterocycles. The van der Waals surface area contributed by atoms with Gasteiger partial charge in [-0.25, -0.2) is 26.9 Å². The number of carbonyl (C=O) groups excluding carboxylic acids is 2. The summed E-state index contributed by atoms with van der Waals surface area (Å²) in [5.74, 6) is -4.23. The first-order valence-corrected chi connectivity index (χ1v) is 15.3. The zero-order valence-corrected chi connectivity index (χ0v) is 25.4. The summed E-state index contributed by atoms with van der Waals surface area (Å²) >= 11 is 0. The zero-order valence-electron chi connectivity index (χ0n) is 24.6. The van der Waals surface area contributed by atoms with Crippen LogP contribution in [0.15, 0.2) is 54.9 Å². The maximum Gasteiger partial charge on any atom is 0.241 e. The summed E-state index contributed by atoms with van der Waals surface area (Å²) < 4.78 is 62.2. The minimum atomic E-state index is -4.00. The van der Waals surface area contributed by atoms with Gasteiger partial charge >= 0.3 is 0 Å². The number of nitrogens with zero attached hydrogens (tertiary/aromatic N) is 3. The van der Waals surface area contributed by atoms with Crippen molar-refractivity contribution in [1.82, 2.24) is 25.1 Å². The first kappa shape index (κ1) is 31.1. The molecule has 45 heavy (non-hydrogen) atoms. The van der Waals surface area contributed by atoms with Gasteiger partial charge in [0.15, 0.2) is 11.6 Å². The molecule has 5 rings (SSSR count). The molecule has 0 saturated carbocycles. The highest BCUT2D eigenvalue weighted by Crippen LogP contribution is 2.30. The van der Waals surface area contributed by atoms with Gasteiger partial charge in [-0.2, -0.15) is 5.10 Å². The van der Waals surface area contributed by atoms with E-state index in [4.69, 9.17) is 10.5 Å². The Morgan fingerprint density at radius 1 is 1.07 bits per heavy atom. The van der Waals surface area contributed by atoms with E-state index in [1.807, 2.05) is 0 Å². The van der Waals surface area contributed by atoms with E-state index >= 15 is 0 Å². The quantitative estimate of drug-likeness (QED) is 0.162. The molecule has 1 amide bonds. The fourth-order valence-electron chi connectivity index (χ4n) is 4.62. The van der Waals surface area contributed by atoms with Crippen molar-refractivity contribution < 1.29 is 31.5 Å². The molecule has 0 unspecified atom stereocenters. The van der Waals surface area contributed by atoms with Gasteiger partial charge < -0.3 is 20.8 Å². The summed E-state index contributed by atoms with van der Waals surface area (Å²) in [6, 6.07) is 9.44. The summed E-state index contributed by atoms with van der Waals surface area (Å²) in [6.07, 6.45) is 2.65. The first-order chi connectivity index (χ1) is 21.2. The van der Waals surface area contributed by atoms with E-state index in [-0.39, 0.29) is 34.7 Å². The van der Waals surface area contributed by atoms with Gasteiger partial charge in [-0.3, -0.25) is 14.3 Å². The lowest BCUT2D eigenvalue weighted by atomic mass is 10.1. The predicted molar refractivity (Wildman–Crippen MR) is 164 cm³/mol. The number of ketones is 1. The predicted octanol–water partition coefficient (Wildman–Crippen LogP) is 4.52. The number of hydrogen-bond donors (Lipinski definition) is 4. The number of aromatic nitrogens is 4. The molecule has 12 nitrogen and oxygen atoms in total. The standard InChI is InChI=1S/C30H29F2N7O5S/c1-15(2)36-26(40)14-45(42,43)38-22-11-23-18(8-16(22)3)10-24(37-23)28(41)19-12-35-39(30(19)33)25-13-34-27(9-17(25)4)44-29-20(31)6-5-7-21(29)32/h5-13,15,37-38H,14,33H2,1-4H3,(H,36,40). The van der Waals surface area contributed by atoms with E-state index in [1.54, 1.807) is 39.8 Å². The number of nitrogen functional groups attached to an aromatic ring is 1. The molecule has 15 heteroatoms. The summed E-state index contributed by atoms with van der Waals surface area (Å²) in [5, 5.41) is 7.43. The maximum absolute atomic E-state index is 14.0. The number of nitrogens with two attached hydrogens (primary N) is 1. The summed E-state index contributed by atoms with van der Waals surface area (Å²) in [6.45, 7) is 6.84. The summed E-state index contributed by atoms with van der Waals surface area (Å²) in [5.41, 5.74) is 8.84. The number of hydrogen-bond acceptors (Lipinski definition) is 8. The molecule has 0 aliphatic rings. The van der Waals surface area contributed by atoms with Crippen molar-refractivity contribution >= 4 is 44.1 Å². The molecule has 2 aromatic carbocycles. The van der Waals surface area contributed by atoms with E-state index in [1.165, 1.54) is 35.3 Å². The topological polar surface area (TPSA) is 174 Å². The number of amides is 1. The summed E-state index contributed by atoms with van der Waals surface area (Å²) in [7, 11) is -4.00. The molecule has 3 aromatic heterocycles. The molecule has 0 spiro atoms. The van der Waals surface area contributed by atoms with E-state index in [2.05, 4.69) is 25.1 Å². The maximum atomic E-state index is 14.0. The monoisotopic (exact) mass is 637 g/mol. The number of sulfonamides is 1. The van der Waals surface area contributed by atoms with Crippen LogP contribution in [0, 0.1) is 25.5 Å². The van der Waals surface area contributed by atoms with Crippen molar-refractivity contribution in [1.29, 1.82) is 0 Å². The number of benzene rings is 2. The van der Waals surface area contributed by atoms with E-state index in [0.717, 1.165) is 12.1 Å². The number of carbonyl (C=O) groups is 2. The minimum Gasteiger partial charge on any atom is -0.433 e. The van der Waals surface area contributed by atoms with Crippen LogP contribution in [0.5, 0.6) is 11.6 Å². The fraction of sp³-hybridized carbons (Fsp3) is 0.200. The molecular formula is C30H29F2N7O5S. The van der Waals surface area contributed by atoms with Crippen molar-refractivity contribution in [2.24, 2.45) is 0 Å². The van der Waals surface area contributed by atoms with Gasteiger partial charge in [-0.05, 0) is 69.2 Å². The van der Waals surface area contributed by atoms with Gasteiger partial charge in [-0.1, -0.05) is 6.07 Å². The Balaban J connectivity index is 1.37. The van der Waals surface area contributed by atoms with E-state index in [0.29, 0.717) is 27.7 Å². The number of pyridine rings is 1. The minimum absolute atomic E-state index is 0.0154. The second-order valence-corrected chi connectivity index (χ2v) is 12.4. The van der Waals surface area contributed by atoms with Crippen LogP contribution in [-0.4, -0.2) is 51.7 Å². The third-order valence-electron chi connectivity index (χ3n) is 6.71. The second-order valence-electron chi connectivity index (χ2n) is 10.7. The molecule has 0 radical (unpaired) electrons. The lowest BCUT2D eigenvalue weighted by Crippen LogP contribution is -2.36. The van der Waals surface area contributed by atoms with Crippen LogP contribution in [0.3, 0.4) is 0 Å². The second kappa shape index (κ2) is 12.0. The average Bonchev–Trinajstić information content (AvgIpc) is 3.52. The third-order valence-corrected chi connectivity index (χ3v) is 7.88. The molecule has 234 valence electrons. The number of rotatable bonds is 10. The first-order valence-electron chi connectivity index (χ1n) is 13.6. The van der Waals surface area contributed by atoms with Gasteiger partial charge in [0.1, 0.15) is 11.6 Å².